The molecule has 5 nitrogen and oxygen atoms in total. The molecule has 1 rings (SSSR count). The Hall–Kier alpha value is -1.26. The molecule has 0 aromatic carbocycles. The molecule has 0 aromatic heterocycles. The SMILES string of the molecule is COC(=O)C1NC(=O)OC1C(C)C(C)C. The summed E-state index contributed by atoms with van der Waals surface area (Å²) >= 11 is 0. The van der Waals surface area contributed by atoms with Crippen LogP contribution in [0.1, 0.15) is 20.8 Å². The summed E-state index contributed by atoms with van der Waals surface area (Å²) in [6.45, 7) is 5.99. The van der Waals surface area contributed by atoms with Gasteiger partial charge >= 0.3 is 12.1 Å². The number of cyclic esters (lactones) is 1. The van der Waals surface area contributed by atoms with E-state index in [1.54, 1.807) is 0 Å². The average molecular weight is 215 g/mol. The normalized spacial score (nSPS) is 27.1. The van der Waals surface area contributed by atoms with E-state index in [4.69, 9.17) is 4.74 Å². The summed E-state index contributed by atoms with van der Waals surface area (Å²) in [5.74, 6) is -0.0266. The van der Waals surface area contributed by atoms with Crippen molar-refractivity contribution in [1.82, 2.24) is 5.32 Å². The van der Waals surface area contributed by atoms with Gasteiger partial charge in [0, 0.05) is 0 Å². The molecule has 0 aromatic rings. The van der Waals surface area contributed by atoms with Crippen molar-refractivity contribution >= 4 is 12.1 Å². The van der Waals surface area contributed by atoms with E-state index in [1.807, 2.05) is 20.8 Å². The van der Waals surface area contributed by atoms with Crippen LogP contribution in [0.5, 0.6) is 0 Å². The maximum absolute atomic E-state index is 11.4. The molecule has 0 bridgehead atoms. The van der Waals surface area contributed by atoms with Gasteiger partial charge in [0.15, 0.2) is 6.04 Å². The molecule has 5 heteroatoms. The summed E-state index contributed by atoms with van der Waals surface area (Å²) in [5, 5.41) is 2.45. The average Bonchev–Trinajstić information content (AvgIpc) is 2.57. The molecule has 3 unspecified atom stereocenters. The van der Waals surface area contributed by atoms with Gasteiger partial charge in [-0.05, 0) is 11.8 Å². The Morgan fingerprint density at radius 3 is 2.53 bits per heavy atom. The Labute approximate surface area is 89.1 Å². The van der Waals surface area contributed by atoms with Crippen LogP contribution in [0.25, 0.3) is 0 Å². The molecular formula is C10H17NO4. The van der Waals surface area contributed by atoms with Crippen molar-refractivity contribution in [3.63, 3.8) is 0 Å². The second-order valence-electron chi connectivity index (χ2n) is 4.12. The molecule has 1 heterocycles. The summed E-state index contributed by atoms with van der Waals surface area (Å²) in [6.07, 6.45) is -0.993. The number of hydrogen-bond acceptors (Lipinski definition) is 4. The third-order valence-electron chi connectivity index (χ3n) is 2.87. The number of hydrogen-bond donors (Lipinski definition) is 1. The molecule has 1 aliphatic heterocycles. The van der Waals surface area contributed by atoms with E-state index in [2.05, 4.69) is 10.1 Å². The number of alkyl carbamates (subject to hydrolysis) is 1. The summed E-state index contributed by atoms with van der Waals surface area (Å²) in [4.78, 5) is 22.5. The predicted octanol–water partition coefficient (Wildman–Crippen LogP) is 0.928. The Morgan fingerprint density at radius 1 is 1.47 bits per heavy atom. The lowest BCUT2D eigenvalue weighted by molar-refractivity contribution is -0.144. The number of esters is 1. The molecule has 0 radical (unpaired) electrons. The number of carbonyl (C=O) groups is 2. The maximum Gasteiger partial charge on any atom is 0.408 e. The molecule has 86 valence electrons. The van der Waals surface area contributed by atoms with Gasteiger partial charge in [0.05, 0.1) is 7.11 Å². The number of amides is 1. The van der Waals surface area contributed by atoms with Crippen molar-refractivity contribution in [1.29, 1.82) is 0 Å². The van der Waals surface area contributed by atoms with Crippen LogP contribution in [-0.4, -0.2) is 31.3 Å². The van der Waals surface area contributed by atoms with E-state index in [-0.39, 0.29) is 5.92 Å². The van der Waals surface area contributed by atoms with Gasteiger partial charge in [-0.25, -0.2) is 9.59 Å². The fraction of sp³-hybridized carbons (Fsp3) is 0.800. The topological polar surface area (TPSA) is 64.6 Å². The van der Waals surface area contributed by atoms with E-state index >= 15 is 0 Å². The van der Waals surface area contributed by atoms with Crippen molar-refractivity contribution in [2.45, 2.75) is 32.9 Å². The van der Waals surface area contributed by atoms with Gasteiger partial charge in [0.2, 0.25) is 0 Å². The lowest BCUT2D eigenvalue weighted by Gasteiger charge is -2.24. The van der Waals surface area contributed by atoms with E-state index in [1.165, 1.54) is 7.11 Å². The van der Waals surface area contributed by atoms with E-state index in [9.17, 15) is 9.59 Å². The highest BCUT2D eigenvalue weighted by Crippen LogP contribution is 2.24. The summed E-state index contributed by atoms with van der Waals surface area (Å²) in [6, 6.07) is -0.681. The van der Waals surface area contributed by atoms with Gasteiger partial charge in [-0.15, -0.1) is 0 Å². The lowest BCUT2D eigenvalue weighted by Crippen LogP contribution is -2.43. The van der Waals surface area contributed by atoms with Crippen LogP contribution in [0.4, 0.5) is 4.79 Å². The van der Waals surface area contributed by atoms with Gasteiger partial charge < -0.3 is 14.8 Å². The first kappa shape index (κ1) is 11.8. The van der Waals surface area contributed by atoms with E-state index < -0.39 is 24.2 Å². The second-order valence-corrected chi connectivity index (χ2v) is 4.12. The zero-order chi connectivity index (χ0) is 11.6. The van der Waals surface area contributed by atoms with Gasteiger partial charge in [-0.2, -0.15) is 0 Å². The molecule has 3 atom stereocenters. The van der Waals surface area contributed by atoms with E-state index in [0.717, 1.165) is 0 Å². The number of ether oxygens (including phenoxy) is 2. The van der Waals surface area contributed by atoms with Crippen LogP contribution in [0, 0.1) is 11.8 Å². The third-order valence-corrected chi connectivity index (χ3v) is 2.87. The zero-order valence-corrected chi connectivity index (χ0v) is 9.44. The molecule has 15 heavy (non-hydrogen) atoms. The van der Waals surface area contributed by atoms with Crippen LogP contribution in [0.15, 0.2) is 0 Å². The number of nitrogens with one attached hydrogen (secondary N) is 1. The smallest absolute Gasteiger partial charge is 0.408 e. The van der Waals surface area contributed by atoms with Crippen molar-refractivity contribution in [3.8, 4) is 0 Å². The Kier molecular flexibility index (Phi) is 3.55. The first-order valence-corrected chi connectivity index (χ1v) is 5.02. The van der Waals surface area contributed by atoms with Gasteiger partial charge in [-0.1, -0.05) is 20.8 Å². The van der Waals surface area contributed by atoms with Gasteiger partial charge in [0.1, 0.15) is 6.10 Å². The Balaban J connectivity index is 2.77. The van der Waals surface area contributed by atoms with Gasteiger partial charge in [0.25, 0.3) is 0 Å². The minimum Gasteiger partial charge on any atom is -0.467 e. The molecule has 1 fully saturated rings. The number of carbonyl (C=O) groups excluding carboxylic acids is 2. The number of rotatable bonds is 3. The molecule has 1 amide bonds. The zero-order valence-electron chi connectivity index (χ0n) is 9.44. The molecule has 0 spiro atoms. The highest BCUT2D eigenvalue weighted by Gasteiger charge is 2.43. The molecular weight excluding hydrogens is 198 g/mol. The fourth-order valence-electron chi connectivity index (χ4n) is 1.55. The minimum atomic E-state index is -0.681. The van der Waals surface area contributed by atoms with Crippen LogP contribution in [0.3, 0.4) is 0 Å². The van der Waals surface area contributed by atoms with Crippen LogP contribution in [0.2, 0.25) is 0 Å². The van der Waals surface area contributed by atoms with Gasteiger partial charge in [-0.3, -0.25) is 0 Å². The van der Waals surface area contributed by atoms with Crippen molar-refractivity contribution in [2.75, 3.05) is 7.11 Å². The quantitative estimate of drug-likeness (QED) is 0.711. The maximum atomic E-state index is 11.4. The second kappa shape index (κ2) is 4.51. The molecule has 1 saturated heterocycles. The summed E-state index contributed by atoms with van der Waals surface area (Å²) in [7, 11) is 1.30. The monoisotopic (exact) mass is 215 g/mol. The fourth-order valence-corrected chi connectivity index (χ4v) is 1.55. The molecule has 1 aliphatic rings. The Morgan fingerprint density at radius 2 is 2.07 bits per heavy atom. The first-order chi connectivity index (χ1) is 6.97. The highest BCUT2D eigenvalue weighted by molar-refractivity contribution is 5.84. The van der Waals surface area contributed by atoms with Crippen LogP contribution >= 0.6 is 0 Å². The lowest BCUT2D eigenvalue weighted by atomic mass is 9.88. The van der Waals surface area contributed by atoms with Crippen molar-refractivity contribution < 1.29 is 19.1 Å². The van der Waals surface area contributed by atoms with Crippen LogP contribution < -0.4 is 5.32 Å². The Bertz CT molecular complexity index is 264. The standard InChI is InChI=1S/C10H17NO4/c1-5(2)6(3)8-7(9(12)14-4)11-10(13)15-8/h5-8H,1-4H3,(H,11,13). The van der Waals surface area contributed by atoms with E-state index in [0.29, 0.717) is 5.92 Å². The third kappa shape index (κ3) is 2.40. The predicted molar refractivity (Wildman–Crippen MR) is 53.2 cm³/mol. The van der Waals surface area contributed by atoms with Crippen LogP contribution in [-0.2, 0) is 14.3 Å². The highest BCUT2D eigenvalue weighted by atomic mass is 16.6. The summed E-state index contributed by atoms with van der Waals surface area (Å²) < 4.78 is 9.68. The van der Waals surface area contributed by atoms with Crippen molar-refractivity contribution in [2.24, 2.45) is 11.8 Å². The van der Waals surface area contributed by atoms with Crippen molar-refractivity contribution in [3.05, 3.63) is 0 Å². The molecule has 0 aliphatic carbocycles. The summed E-state index contributed by atoms with van der Waals surface area (Å²) in [5.41, 5.74) is 0. The minimum absolute atomic E-state index is 0.105. The largest absolute Gasteiger partial charge is 0.467 e. The first-order valence-electron chi connectivity index (χ1n) is 5.02. The number of methoxy groups -OCH3 is 1. The molecule has 0 saturated carbocycles. The molecule has 1 N–H and O–H groups in total.